The highest BCUT2D eigenvalue weighted by atomic mass is 16.5. The molecular weight excluding hydrogens is 100 g/mol. The Balaban J connectivity index is 2.91. The molecule has 0 aliphatic rings. The van der Waals surface area contributed by atoms with Crippen LogP contribution in [-0.4, -0.2) is 13.2 Å². The second-order valence-electron chi connectivity index (χ2n) is 1.32. The Kier molecular flexibility index (Phi) is 5.99. The van der Waals surface area contributed by atoms with Gasteiger partial charge in [-0.25, -0.2) is 0 Å². The van der Waals surface area contributed by atoms with Crippen LogP contribution in [0.2, 0.25) is 0 Å². The Morgan fingerprint density at radius 2 is 2.38 bits per heavy atom. The Bertz CT molecular complexity index is 74.5. The molecule has 0 saturated carbocycles. The standard InChI is InChI=1S/C7H12O/c1-3-5-6-7-8-4-2/h3,5-6H,1,4,7H2,2H3. The van der Waals surface area contributed by atoms with Gasteiger partial charge in [-0.05, 0) is 6.92 Å². The third kappa shape index (κ3) is 5.44. The van der Waals surface area contributed by atoms with Crippen molar-refractivity contribution in [1.29, 1.82) is 0 Å². The largest absolute Gasteiger partial charge is 0.378 e. The molecule has 0 rings (SSSR count). The molecule has 0 atom stereocenters. The first kappa shape index (κ1) is 7.44. The van der Waals surface area contributed by atoms with Gasteiger partial charge in [-0.1, -0.05) is 24.8 Å². The highest BCUT2D eigenvalue weighted by molar-refractivity contribution is 4.96. The van der Waals surface area contributed by atoms with Gasteiger partial charge < -0.3 is 4.74 Å². The molecule has 0 amide bonds. The van der Waals surface area contributed by atoms with E-state index in [0.717, 1.165) is 6.61 Å². The van der Waals surface area contributed by atoms with Gasteiger partial charge in [-0.2, -0.15) is 0 Å². The van der Waals surface area contributed by atoms with Gasteiger partial charge >= 0.3 is 0 Å². The van der Waals surface area contributed by atoms with Crippen molar-refractivity contribution in [3.63, 3.8) is 0 Å². The van der Waals surface area contributed by atoms with Crippen LogP contribution in [0.3, 0.4) is 0 Å². The molecule has 0 aromatic rings. The summed E-state index contributed by atoms with van der Waals surface area (Å²) in [6.07, 6.45) is 5.53. The fourth-order valence-corrected chi connectivity index (χ4v) is 0.338. The highest BCUT2D eigenvalue weighted by Gasteiger charge is 1.70. The molecule has 46 valence electrons. The summed E-state index contributed by atoms with van der Waals surface area (Å²) >= 11 is 0. The first-order valence-corrected chi connectivity index (χ1v) is 2.77. The lowest BCUT2D eigenvalue weighted by Crippen LogP contribution is -1.86. The van der Waals surface area contributed by atoms with Gasteiger partial charge in [0.1, 0.15) is 0 Å². The quantitative estimate of drug-likeness (QED) is 0.398. The fraction of sp³-hybridized carbons (Fsp3) is 0.429. The molecule has 0 saturated heterocycles. The molecule has 1 nitrogen and oxygen atoms in total. The first-order valence-electron chi connectivity index (χ1n) is 2.77. The number of hydrogen-bond acceptors (Lipinski definition) is 1. The van der Waals surface area contributed by atoms with Crippen LogP contribution >= 0.6 is 0 Å². The third-order valence-corrected chi connectivity index (χ3v) is 0.690. The maximum atomic E-state index is 5.00. The van der Waals surface area contributed by atoms with E-state index in [0.29, 0.717) is 6.61 Å². The predicted molar refractivity (Wildman–Crippen MR) is 35.8 cm³/mol. The minimum absolute atomic E-state index is 0.697. The summed E-state index contributed by atoms with van der Waals surface area (Å²) in [7, 11) is 0. The lowest BCUT2D eigenvalue weighted by Gasteiger charge is -1.89. The van der Waals surface area contributed by atoms with Crippen LogP contribution in [0.15, 0.2) is 24.8 Å². The summed E-state index contributed by atoms with van der Waals surface area (Å²) in [6, 6.07) is 0. The van der Waals surface area contributed by atoms with Crippen LogP contribution in [-0.2, 0) is 4.74 Å². The van der Waals surface area contributed by atoms with Crippen molar-refractivity contribution < 1.29 is 4.74 Å². The van der Waals surface area contributed by atoms with Crippen molar-refractivity contribution in [2.45, 2.75) is 6.92 Å². The summed E-state index contributed by atoms with van der Waals surface area (Å²) in [6.45, 7) is 6.97. The van der Waals surface area contributed by atoms with Gasteiger partial charge in [0.15, 0.2) is 0 Å². The Labute approximate surface area is 50.7 Å². The molecule has 0 aliphatic heterocycles. The summed E-state index contributed by atoms with van der Waals surface area (Å²) in [4.78, 5) is 0. The molecule has 0 aromatic heterocycles. The minimum Gasteiger partial charge on any atom is -0.378 e. The molecule has 0 aromatic carbocycles. The Morgan fingerprint density at radius 1 is 1.62 bits per heavy atom. The van der Waals surface area contributed by atoms with Crippen LogP contribution < -0.4 is 0 Å². The summed E-state index contributed by atoms with van der Waals surface area (Å²) in [5.41, 5.74) is 0. The number of allylic oxidation sites excluding steroid dienone is 2. The first-order chi connectivity index (χ1) is 3.91. The van der Waals surface area contributed by atoms with E-state index in [1.807, 2.05) is 19.1 Å². The summed E-state index contributed by atoms with van der Waals surface area (Å²) in [5.74, 6) is 0. The predicted octanol–water partition coefficient (Wildman–Crippen LogP) is 1.77. The van der Waals surface area contributed by atoms with Gasteiger partial charge in [0, 0.05) is 6.61 Å². The second-order valence-corrected chi connectivity index (χ2v) is 1.32. The van der Waals surface area contributed by atoms with E-state index in [9.17, 15) is 0 Å². The van der Waals surface area contributed by atoms with Crippen LogP contribution in [0.1, 0.15) is 6.92 Å². The SMILES string of the molecule is C=CC=CCOCC. The van der Waals surface area contributed by atoms with E-state index < -0.39 is 0 Å². The Hall–Kier alpha value is -0.560. The topological polar surface area (TPSA) is 9.23 Å². The van der Waals surface area contributed by atoms with Gasteiger partial charge in [-0.15, -0.1) is 0 Å². The third-order valence-electron chi connectivity index (χ3n) is 0.690. The van der Waals surface area contributed by atoms with Crippen LogP contribution in [0, 0.1) is 0 Å². The van der Waals surface area contributed by atoms with E-state index in [-0.39, 0.29) is 0 Å². The molecule has 0 spiro atoms. The molecule has 0 heterocycles. The van der Waals surface area contributed by atoms with E-state index in [4.69, 9.17) is 4.74 Å². The molecule has 8 heavy (non-hydrogen) atoms. The van der Waals surface area contributed by atoms with Crippen molar-refractivity contribution in [2.75, 3.05) is 13.2 Å². The number of ether oxygens (including phenoxy) is 1. The molecule has 0 N–H and O–H groups in total. The zero-order valence-electron chi connectivity index (χ0n) is 5.26. The normalized spacial score (nSPS) is 10.1. The Morgan fingerprint density at radius 3 is 2.88 bits per heavy atom. The van der Waals surface area contributed by atoms with Crippen LogP contribution in [0.25, 0.3) is 0 Å². The molecule has 1 heteroatoms. The van der Waals surface area contributed by atoms with E-state index >= 15 is 0 Å². The van der Waals surface area contributed by atoms with E-state index in [2.05, 4.69) is 6.58 Å². The average Bonchev–Trinajstić information content (AvgIpc) is 1.81. The molecule has 0 unspecified atom stereocenters. The smallest absolute Gasteiger partial charge is 0.0650 e. The summed E-state index contributed by atoms with van der Waals surface area (Å²) in [5, 5.41) is 0. The maximum Gasteiger partial charge on any atom is 0.0650 e. The van der Waals surface area contributed by atoms with E-state index in [1.165, 1.54) is 0 Å². The zero-order chi connectivity index (χ0) is 6.24. The zero-order valence-corrected chi connectivity index (χ0v) is 5.26. The highest BCUT2D eigenvalue weighted by Crippen LogP contribution is 1.75. The van der Waals surface area contributed by atoms with E-state index in [1.54, 1.807) is 6.08 Å². The maximum absolute atomic E-state index is 5.00. The fourth-order valence-electron chi connectivity index (χ4n) is 0.338. The van der Waals surface area contributed by atoms with Gasteiger partial charge in [0.25, 0.3) is 0 Å². The van der Waals surface area contributed by atoms with Crippen molar-refractivity contribution >= 4 is 0 Å². The van der Waals surface area contributed by atoms with Crippen LogP contribution in [0.5, 0.6) is 0 Å². The van der Waals surface area contributed by atoms with Crippen molar-refractivity contribution in [3.8, 4) is 0 Å². The minimum atomic E-state index is 0.697. The lowest BCUT2D eigenvalue weighted by atomic mass is 10.5. The van der Waals surface area contributed by atoms with Gasteiger partial charge in [0.05, 0.1) is 6.61 Å². The van der Waals surface area contributed by atoms with Gasteiger partial charge in [-0.3, -0.25) is 0 Å². The summed E-state index contributed by atoms with van der Waals surface area (Å²) < 4.78 is 5.00. The van der Waals surface area contributed by atoms with Crippen LogP contribution in [0.4, 0.5) is 0 Å². The number of rotatable bonds is 4. The average molecular weight is 112 g/mol. The lowest BCUT2D eigenvalue weighted by molar-refractivity contribution is 0.177. The number of hydrogen-bond donors (Lipinski definition) is 0. The molecular formula is C7H12O. The van der Waals surface area contributed by atoms with Crippen molar-refractivity contribution in [3.05, 3.63) is 24.8 Å². The van der Waals surface area contributed by atoms with Gasteiger partial charge in [0.2, 0.25) is 0 Å². The molecule has 0 radical (unpaired) electrons. The van der Waals surface area contributed by atoms with Crippen molar-refractivity contribution in [2.24, 2.45) is 0 Å². The molecule has 0 bridgehead atoms. The van der Waals surface area contributed by atoms with Crippen molar-refractivity contribution in [1.82, 2.24) is 0 Å². The second kappa shape index (κ2) is 6.44. The monoisotopic (exact) mass is 112 g/mol. The molecule has 0 fully saturated rings. The molecule has 0 aliphatic carbocycles.